The van der Waals surface area contributed by atoms with Crippen molar-refractivity contribution < 1.29 is 0 Å². The van der Waals surface area contributed by atoms with Gasteiger partial charge in [-0.15, -0.1) is 5.10 Å². The number of pyridine rings is 1. The maximum absolute atomic E-state index is 14.0. The molecule has 1 N–H and O–H groups in total. The minimum absolute atomic E-state index is 0.0142. The van der Waals surface area contributed by atoms with Gasteiger partial charge in [0.2, 0.25) is 0 Å². The van der Waals surface area contributed by atoms with Gasteiger partial charge in [-0.25, -0.2) is 9.89 Å². The van der Waals surface area contributed by atoms with Crippen LogP contribution >= 0.6 is 0 Å². The van der Waals surface area contributed by atoms with E-state index in [1.54, 1.807) is 6.20 Å². The first-order valence-corrected chi connectivity index (χ1v) is 13.7. The third-order valence-electron chi connectivity index (χ3n) is 7.23. The number of hydrogen-bond acceptors (Lipinski definition) is 5. The number of unbranched alkanes of at least 4 members (excludes halogenated alkanes) is 1. The van der Waals surface area contributed by atoms with Gasteiger partial charge in [-0.2, -0.15) is 0 Å². The molecule has 0 aliphatic rings. The van der Waals surface area contributed by atoms with Gasteiger partial charge in [-0.05, 0) is 63.9 Å². The highest BCUT2D eigenvalue weighted by Gasteiger charge is 2.19. The molecule has 8 heteroatoms. The van der Waals surface area contributed by atoms with Gasteiger partial charge >= 0.3 is 5.69 Å². The number of para-hydroxylation sites is 1. The Morgan fingerprint density at radius 3 is 2.51 bits per heavy atom. The lowest BCUT2D eigenvalue weighted by molar-refractivity contribution is 0.672. The number of aromatic nitrogens is 7. The summed E-state index contributed by atoms with van der Waals surface area (Å²) in [5.41, 5.74) is 8.23. The number of aromatic amines is 1. The van der Waals surface area contributed by atoms with Gasteiger partial charge in [-0.1, -0.05) is 82.6 Å². The van der Waals surface area contributed by atoms with E-state index in [2.05, 4.69) is 102 Å². The van der Waals surface area contributed by atoms with Crippen LogP contribution in [0.15, 0.2) is 71.8 Å². The number of rotatable bonds is 10. The molecular formula is C31H35N7O. The molecule has 3 heterocycles. The topological polar surface area (TPSA) is 94.3 Å². The minimum atomic E-state index is 0.0142. The fourth-order valence-corrected chi connectivity index (χ4v) is 5.13. The summed E-state index contributed by atoms with van der Waals surface area (Å²) in [7, 11) is 0. The molecule has 0 amide bonds. The van der Waals surface area contributed by atoms with Gasteiger partial charge in [0.05, 0.1) is 12.2 Å². The van der Waals surface area contributed by atoms with Crippen molar-refractivity contribution in [2.24, 2.45) is 0 Å². The quantitative estimate of drug-likeness (QED) is 0.245. The van der Waals surface area contributed by atoms with Gasteiger partial charge in [-0.3, -0.25) is 14.1 Å². The Labute approximate surface area is 228 Å². The summed E-state index contributed by atoms with van der Waals surface area (Å²) in [6, 6.07) is 18.6. The lowest BCUT2D eigenvalue weighted by atomic mass is 9.96. The van der Waals surface area contributed by atoms with Crippen LogP contribution in [0.2, 0.25) is 0 Å². The Bertz CT molecular complexity index is 1600. The lowest BCUT2D eigenvalue weighted by Crippen LogP contribution is -2.26. The molecule has 0 fully saturated rings. The van der Waals surface area contributed by atoms with E-state index in [1.165, 1.54) is 11.1 Å². The molecule has 5 aromatic rings. The molecule has 0 saturated heterocycles. The predicted molar refractivity (Wildman–Crippen MR) is 154 cm³/mol. The summed E-state index contributed by atoms with van der Waals surface area (Å²) in [4.78, 5) is 18.4. The number of aryl methyl sites for hydroxylation is 2. The van der Waals surface area contributed by atoms with Gasteiger partial charge in [0, 0.05) is 23.7 Å². The molecule has 2 aromatic carbocycles. The first kappa shape index (κ1) is 26.3. The van der Waals surface area contributed by atoms with E-state index in [4.69, 9.17) is 0 Å². The van der Waals surface area contributed by atoms with E-state index in [9.17, 15) is 4.79 Å². The van der Waals surface area contributed by atoms with E-state index in [0.717, 1.165) is 53.8 Å². The average molecular weight is 522 g/mol. The molecule has 39 heavy (non-hydrogen) atoms. The Kier molecular flexibility index (Phi) is 7.81. The molecule has 0 spiro atoms. The zero-order valence-corrected chi connectivity index (χ0v) is 23.1. The van der Waals surface area contributed by atoms with Gasteiger partial charge < -0.3 is 0 Å². The maximum Gasteiger partial charge on any atom is 0.333 e. The van der Waals surface area contributed by atoms with Crippen molar-refractivity contribution in [1.29, 1.82) is 0 Å². The van der Waals surface area contributed by atoms with E-state index in [0.29, 0.717) is 24.0 Å². The second kappa shape index (κ2) is 11.6. The van der Waals surface area contributed by atoms with Crippen LogP contribution in [0.4, 0.5) is 0 Å². The molecule has 8 nitrogen and oxygen atoms in total. The van der Waals surface area contributed by atoms with Gasteiger partial charge in [0.15, 0.2) is 5.82 Å². The van der Waals surface area contributed by atoms with Crippen LogP contribution in [0, 0.1) is 0 Å². The van der Waals surface area contributed by atoms with Crippen molar-refractivity contribution in [1.82, 2.24) is 34.7 Å². The van der Waals surface area contributed by atoms with E-state index in [1.807, 2.05) is 21.3 Å². The number of H-pyrrole nitrogens is 1. The highest BCUT2D eigenvalue weighted by molar-refractivity contribution is 5.77. The zero-order chi connectivity index (χ0) is 27.4. The summed E-state index contributed by atoms with van der Waals surface area (Å²) < 4.78 is 3.83. The van der Waals surface area contributed by atoms with Crippen molar-refractivity contribution in [2.75, 3.05) is 0 Å². The van der Waals surface area contributed by atoms with Crippen LogP contribution in [-0.4, -0.2) is 34.7 Å². The molecular weight excluding hydrogens is 486 g/mol. The third-order valence-corrected chi connectivity index (χ3v) is 7.23. The summed E-state index contributed by atoms with van der Waals surface area (Å²) in [5.74, 6) is 0.842. The molecule has 0 unspecified atom stereocenters. The number of imidazole rings is 1. The van der Waals surface area contributed by atoms with E-state index in [-0.39, 0.29) is 5.69 Å². The third kappa shape index (κ3) is 5.32. The summed E-state index contributed by atoms with van der Waals surface area (Å²) in [6.45, 7) is 9.22. The zero-order valence-electron chi connectivity index (χ0n) is 23.1. The summed E-state index contributed by atoms with van der Waals surface area (Å²) in [5, 5.41) is 14.2. The van der Waals surface area contributed by atoms with Crippen LogP contribution < -0.4 is 5.69 Å². The Morgan fingerprint density at radius 1 is 1.00 bits per heavy atom. The first-order valence-electron chi connectivity index (χ1n) is 13.7. The number of benzene rings is 2. The van der Waals surface area contributed by atoms with Crippen LogP contribution in [0.3, 0.4) is 0 Å². The lowest BCUT2D eigenvalue weighted by Gasteiger charge is -2.16. The van der Waals surface area contributed by atoms with Crippen LogP contribution in [-0.2, 0) is 19.4 Å². The van der Waals surface area contributed by atoms with E-state index >= 15 is 0 Å². The second-order valence-electron chi connectivity index (χ2n) is 10.2. The fourth-order valence-electron chi connectivity index (χ4n) is 5.13. The molecule has 3 aromatic heterocycles. The SMILES string of the molecule is CCCCc1cn(-c2c(CC)cccc2C(C)C)c(=O)n1Cc1ccc(-c2cccnc2-c2nnn[nH]2)cc1. The van der Waals surface area contributed by atoms with Crippen molar-refractivity contribution in [3.05, 3.63) is 99.9 Å². The largest absolute Gasteiger partial charge is 0.333 e. The normalized spacial score (nSPS) is 11.4. The van der Waals surface area contributed by atoms with Crippen LogP contribution in [0.5, 0.6) is 0 Å². The van der Waals surface area contributed by atoms with Gasteiger partial charge in [0.25, 0.3) is 0 Å². The van der Waals surface area contributed by atoms with Crippen molar-refractivity contribution in [3.8, 4) is 28.3 Å². The molecule has 5 rings (SSSR count). The molecule has 0 saturated carbocycles. The van der Waals surface area contributed by atoms with Crippen LogP contribution in [0.25, 0.3) is 28.3 Å². The monoisotopic (exact) mass is 521 g/mol. The Morgan fingerprint density at radius 2 is 1.82 bits per heavy atom. The number of tetrazole rings is 1. The first-order chi connectivity index (χ1) is 19.0. The average Bonchev–Trinajstić information content (AvgIpc) is 3.61. The van der Waals surface area contributed by atoms with Crippen molar-refractivity contribution >= 4 is 0 Å². The Hall–Kier alpha value is -4.33. The highest BCUT2D eigenvalue weighted by atomic mass is 16.1. The van der Waals surface area contributed by atoms with E-state index < -0.39 is 0 Å². The van der Waals surface area contributed by atoms with Crippen molar-refractivity contribution in [2.45, 2.75) is 65.8 Å². The smallest absolute Gasteiger partial charge is 0.292 e. The molecule has 0 aliphatic carbocycles. The molecule has 0 radical (unpaired) electrons. The molecule has 0 atom stereocenters. The highest BCUT2D eigenvalue weighted by Crippen LogP contribution is 2.29. The standard InChI is InChI=1S/C31H35N7O/c1-5-7-11-25-20-38(29-23(6-2)10-8-12-26(29)21(3)4)31(39)37(25)19-22-14-16-24(17-15-22)27-13-9-18-32-28(27)30-33-35-36-34-30/h8-10,12-18,20-21H,5-7,11,19H2,1-4H3,(H,33,34,35,36). The number of nitrogens with zero attached hydrogens (tertiary/aromatic N) is 6. The minimum Gasteiger partial charge on any atom is -0.292 e. The number of hydrogen-bond donors (Lipinski definition) is 1. The maximum atomic E-state index is 14.0. The summed E-state index contributed by atoms with van der Waals surface area (Å²) in [6.07, 6.45) is 7.65. The second-order valence-corrected chi connectivity index (χ2v) is 10.2. The van der Waals surface area contributed by atoms with Crippen molar-refractivity contribution in [3.63, 3.8) is 0 Å². The number of nitrogens with one attached hydrogen (secondary N) is 1. The van der Waals surface area contributed by atoms with Crippen LogP contribution in [0.1, 0.15) is 68.8 Å². The molecule has 200 valence electrons. The molecule has 0 bridgehead atoms. The Balaban J connectivity index is 1.52. The van der Waals surface area contributed by atoms with Gasteiger partial charge in [0.1, 0.15) is 5.69 Å². The predicted octanol–water partition coefficient (Wildman–Crippen LogP) is 5.96. The molecule has 0 aliphatic heterocycles. The summed E-state index contributed by atoms with van der Waals surface area (Å²) >= 11 is 0. The fraction of sp³-hybridized carbons (Fsp3) is 0.323.